The summed E-state index contributed by atoms with van der Waals surface area (Å²) in [7, 11) is 0. The molecule has 2 atom stereocenters. The predicted molar refractivity (Wildman–Crippen MR) is 56.1 cm³/mol. The molecule has 0 bridgehead atoms. The molecule has 0 aromatic rings. The molecule has 1 rings (SSSR count). The maximum atomic E-state index is 5.56. The van der Waals surface area contributed by atoms with Crippen LogP contribution in [0.1, 0.15) is 41.5 Å². The molecule has 2 nitrogen and oxygen atoms in total. The van der Waals surface area contributed by atoms with E-state index in [-0.39, 0.29) is 23.0 Å². The molecule has 0 saturated carbocycles. The van der Waals surface area contributed by atoms with Gasteiger partial charge in [-0.05, 0) is 5.41 Å². The van der Waals surface area contributed by atoms with Crippen molar-refractivity contribution in [2.75, 3.05) is 0 Å². The van der Waals surface area contributed by atoms with Gasteiger partial charge in [0.15, 0.2) is 6.40 Å². The summed E-state index contributed by atoms with van der Waals surface area (Å²) in [5.41, 5.74) is 0.347. The normalized spacial score (nSPS) is 29.1. The highest BCUT2D eigenvalue weighted by molar-refractivity contribution is 5.50. The van der Waals surface area contributed by atoms with Gasteiger partial charge in [0.05, 0.1) is 6.04 Å². The smallest absolute Gasteiger partial charge is 0.170 e. The Morgan fingerprint density at radius 1 is 1.00 bits per heavy atom. The maximum absolute atomic E-state index is 5.56. The van der Waals surface area contributed by atoms with E-state index in [1.807, 2.05) is 0 Å². The number of nitrogens with zero attached hydrogens (tertiary/aromatic N) is 1. The van der Waals surface area contributed by atoms with E-state index in [2.05, 4.69) is 46.5 Å². The lowest BCUT2D eigenvalue weighted by Gasteiger charge is -2.36. The van der Waals surface area contributed by atoms with Gasteiger partial charge in [-0.1, -0.05) is 41.5 Å². The quantitative estimate of drug-likeness (QED) is 0.566. The standard InChI is InChI=1S/C11H21NO/c1-10(2,3)8-9(11(4,5)6)13-7-12-8/h7-9H,1-6H3. The van der Waals surface area contributed by atoms with E-state index < -0.39 is 0 Å². The van der Waals surface area contributed by atoms with Crippen molar-refractivity contribution >= 4 is 6.40 Å². The highest BCUT2D eigenvalue weighted by atomic mass is 16.5. The molecule has 13 heavy (non-hydrogen) atoms. The van der Waals surface area contributed by atoms with E-state index in [4.69, 9.17) is 4.74 Å². The number of hydrogen-bond donors (Lipinski definition) is 0. The van der Waals surface area contributed by atoms with Crippen LogP contribution in [-0.4, -0.2) is 18.5 Å². The molecule has 76 valence electrons. The molecule has 2 unspecified atom stereocenters. The first-order chi connectivity index (χ1) is 5.73. The zero-order valence-electron chi connectivity index (χ0n) is 9.59. The SMILES string of the molecule is CC(C)(C)C1N=COC1C(C)(C)C. The minimum Gasteiger partial charge on any atom is -0.478 e. The summed E-state index contributed by atoms with van der Waals surface area (Å²) < 4.78 is 5.56. The third kappa shape index (κ3) is 2.23. The Morgan fingerprint density at radius 2 is 1.54 bits per heavy atom. The van der Waals surface area contributed by atoms with Crippen LogP contribution in [0, 0.1) is 10.8 Å². The molecule has 0 aliphatic carbocycles. The molecule has 1 aliphatic rings. The van der Waals surface area contributed by atoms with Gasteiger partial charge in [-0.3, -0.25) is 4.99 Å². The Balaban J connectivity index is 2.81. The highest BCUT2D eigenvalue weighted by Crippen LogP contribution is 2.37. The molecule has 2 heteroatoms. The Kier molecular flexibility index (Phi) is 2.44. The third-order valence-electron chi connectivity index (χ3n) is 2.46. The number of rotatable bonds is 0. The number of ether oxygens (including phenoxy) is 1. The Hall–Kier alpha value is -0.530. The summed E-state index contributed by atoms with van der Waals surface area (Å²) in [6, 6.07) is 0.285. The van der Waals surface area contributed by atoms with E-state index in [0.29, 0.717) is 0 Å². The molecule has 0 N–H and O–H groups in total. The van der Waals surface area contributed by atoms with Gasteiger partial charge >= 0.3 is 0 Å². The van der Waals surface area contributed by atoms with Gasteiger partial charge in [-0.25, -0.2) is 0 Å². The van der Waals surface area contributed by atoms with Crippen molar-refractivity contribution in [2.24, 2.45) is 15.8 Å². The highest BCUT2D eigenvalue weighted by Gasteiger charge is 2.42. The first-order valence-electron chi connectivity index (χ1n) is 4.90. The Bertz CT molecular complexity index is 207. The van der Waals surface area contributed by atoms with Crippen LogP contribution in [0.2, 0.25) is 0 Å². The van der Waals surface area contributed by atoms with Crippen LogP contribution in [0.4, 0.5) is 0 Å². The first kappa shape index (κ1) is 10.6. The van der Waals surface area contributed by atoms with Crippen LogP contribution < -0.4 is 0 Å². The molecular weight excluding hydrogens is 162 g/mol. The minimum atomic E-state index is 0.161. The summed E-state index contributed by atoms with van der Waals surface area (Å²) in [6.45, 7) is 13.2. The van der Waals surface area contributed by atoms with Gasteiger partial charge < -0.3 is 4.74 Å². The van der Waals surface area contributed by atoms with Crippen LogP contribution >= 0.6 is 0 Å². The van der Waals surface area contributed by atoms with Crippen molar-refractivity contribution in [1.29, 1.82) is 0 Å². The minimum absolute atomic E-state index is 0.161. The van der Waals surface area contributed by atoms with Gasteiger partial charge in [-0.15, -0.1) is 0 Å². The van der Waals surface area contributed by atoms with Gasteiger partial charge in [-0.2, -0.15) is 0 Å². The van der Waals surface area contributed by atoms with Crippen molar-refractivity contribution in [2.45, 2.75) is 53.7 Å². The van der Waals surface area contributed by atoms with Crippen LogP contribution in [0.5, 0.6) is 0 Å². The molecule has 0 aromatic heterocycles. The van der Waals surface area contributed by atoms with E-state index in [1.54, 1.807) is 6.40 Å². The van der Waals surface area contributed by atoms with E-state index in [0.717, 1.165) is 0 Å². The predicted octanol–water partition coefficient (Wildman–Crippen LogP) is 2.87. The zero-order chi connectivity index (χ0) is 10.3. The number of aliphatic imine (C=N–C) groups is 1. The van der Waals surface area contributed by atoms with Crippen LogP contribution in [0.15, 0.2) is 4.99 Å². The average molecular weight is 183 g/mol. The number of hydrogen-bond acceptors (Lipinski definition) is 2. The summed E-state index contributed by atoms with van der Waals surface area (Å²) in [4.78, 5) is 4.41. The fourth-order valence-electron chi connectivity index (χ4n) is 1.67. The molecule has 0 aromatic carbocycles. The lowest BCUT2D eigenvalue weighted by atomic mass is 9.75. The van der Waals surface area contributed by atoms with Crippen molar-refractivity contribution in [3.05, 3.63) is 0 Å². The molecule has 1 heterocycles. The van der Waals surface area contributed by atoms with Crippen molar-refractivity contribution in [3.8, 4) is 0 Å². The largest absolute Gasteiger partial charge is 0.478 e. The molecule has 1 aliphatic heterocycles. The Morgan fingerprint density at radius 3 is 1.85 bits per heavy atom. The molecular formula is C11H21NO. The molecule has 0 fully saturated rings. The van der Waals surface area contributed by atoms with Crippen LogP contribution in [-0.2, 0) is 4.74 Å². The van der Waals surface area contributed by atoms with Crippen molar-refractivity contribution < 1.29 is 4.74 Å². The van der Waals surface area contributed by atoms with Crippen molar-refractivity contribution in [3.63, 3.8) is 0 Å². The van der Waals surface area contributed by atoms with Crippen LogP contribution in [0.25, 0.3) is 0 Å². The summed E-state index contributed by atoms with van der Waals surface area (Å²) >= 11 is 0. The monoisotopic (exact) mass is 183 g/mol. The van der Waals surface area contributed by atoms with Gasteiger partial charge in [0.1, 0.15) is 6.10 Å². The first-order valence-corrected chi connectivity index (χ1v) is 4.90. The molecule has 0 saturated heterocycles. The van der Waals surface area contributed by atoms with Gasteiger partial charge in [0.25, 0.3) is 0 Å². The van der Waals surface area contributed by atoms with Gasteiger partial charge in [0, 0.05) is 5.41 Å². The molecule has 0 amide bonds. The van der Waals surface area contributed by atoms with Gasteiger partial charge in [0.2, 0.25) is 0 Å². The second kappa shape index (κ2) is 3.00. The second-order valence-electron chi connectivity index (χ2n) is 5.99. The lowest BCUT2D eigenvalue weighted by Crippen LogP contribution is -2.42. The summed E-state index contributed by atoms with van der Waals surface area (Å²) in [6.07, 6.45) is 1.83. The lowest BCUT2D eigenvalue weighted by molar-refractivity contribution is 0.0478. The zero-order valence-corrected chi connectivity index (χ0v) is 9.59. The maximum Gasteiger partial charge on any atom is 0.170 e. The fraction of sp³-hybridized carbons (Fsp3) is 0.909. The second-order valence-corrected chi connectivity index (χ2v) is 5.99. The molecule has 0 radical (unpaired) electrons. The summed E-state index contributed by atoms with van der Waals surface area (Å²) in [5.74, 6) is 0. The van der Waals surface area contributed by atoms with E-state index >= 15 is 0 Å². The summed E-state index contributed by atoms with van der Waals surface area (Å²) in [5, 5.41) is 0. The molecule has 0 spiro atoms. The topological polar surface area (TPSA) is 21.6 Å². The average Bonchev–Trinajstić information content (AvgIpc) is 2.27. The van der Waals surface area contributed by atoms with E-state index in [1.165, 1.54) is 0 Å². The van der Waals surface area contributed by atoms with Crippen LogP contribution in [0.3, 0.4) is 0 Å². The van der Waals surface area contributed by atoms with Crippen molar-refractivity contribution in [1.82, 2.24) is 0 Å². The Labute approximate surface area is 81.4 Å². The van der Waals surface area contributed by atoms with E-state index in [9.17, 15) is 0 Å². The fourth-order valence-corrected chi connectivity index (χ4v) is 1.67. The third-order valence-corrected chi connectivity index (χ3v) is 2.46.